The minimum atomic E-state index is -0.114. The maximum atomic E-state index is 10.9. The van der Waals surface area contributed by atoms with Crippen molar-refractivity contribution in [2.75, 3.05) is 26.7 Å². The molecule has 0 unspecified atom stereocenters. The second-order valence-corrected chi connectivity index (χ2v) is 3.90. The van der Waals surface area contributed by atoms with Gasteiger partial charge in [-0.2, -0.15) is 0 Å². The molecule has 0 bridgehead atoms. The molecule has 0 aromatic heterocycles. The average molecular weight is 236 g/mol. The Balaban J connectivity index is 3.55. The summed E-state index contributed by atoms with van der Waals surface area (Å²) in [7, 11) is 2.03. The van der Waals surface area contributed by atoms with E-state index < -0.39 is 0 Å². The minimum absolute atomic E-state index is 0.114. The van der Waals surface area contributed by atoms with E-state index in [4.69, 9.17) is 0 Å². The van der Waals surface area contributed by atoms with Gasteiger partial charge in [0.2, 0.25) is 5.91 Å². The van der Waals surface area contributed by atoms with Crippen molar-refractivity contribution in [3.8, 4) is 0 Å². The average Bonchev–Trinajstić information content (AvgIpc) is 2.33. The zero-order chi connectivity index (χ0) is 12.9. The number of allylic oxidation sites excluding steroid dienone is 3. The number of hydrogen-bond acceptors (Lipinski definition) is 2. The number of unbranched alkanes of at least 4 members (excludes halogenated alkanes) is 1. The normalized spacial score (nSPS) is 11.5. The van der Waals surface area contributed by atoms with E-state index in [2.05, 4.69) is 48.0 Å². The van der Waals surface area contributed by atoms with Crippen LogP contribution in [0.15, 0.2) is 37.0 Å². The van der Waals surface area contributed by atoms with Crippen molar-refractivity contribution in [1.29, 1.82) is 0 Å². The molecule has 0 aliphatic heterocycles. The van der Waals surface area contributed by atoms with Gasteiger partial charge >= 0.3 is 0 Å². The predicted octanol–water partition coefficient (Wildman–Crippen LogP) is 2.13. The van der Waals surface area contributed by atoms with Gasteiger partial charge in [-0.1, -0.05) is 44.2 Å². The van der Waals surface area contributed by atoms with E-state index in [1.165, 1.54) is 12.5 Å². The van der Waals surface area contributed by atoms with E-state index in [0.29, 0.717) is 6.54 Å². The molecule has 96 valence electrons. The highest BCUT2D eigenvalue weighted by Crippen LogP contribution is 1.89. The van der Waals surface area contributed by atoms with Crippen molar-refractivity contribution in [2.45, 2.75) is 19.8 Å². The molecule has 1 amide bonds. The number of nitrogens with one attached hydrogen (secondary N) is 1. The van der Waals surface area contributed by atoms with Gasteiger partial charge in [-0.25, -0.2) is 0 Å². The molecule has 0 saturated carbocycles. The molecule has 3 heteroatoms. The molecule has 1 N–H and O–H groups in total. The molecule has 0 aromatic carbocycles. The van der Waals surface area contributed by atoms with Crippen LogP contribution in [0.2, 0.25) is 0 Å². The van der Waals surface area contributed by atoms with Crippen molar-refractivity contribution in [2.24, 2.45) is 0 Å². The summed E-state index contributed by atoms with van der Waals surface area (Å²) >= 11 is 0. The summed E-state index contributed by atoms with van der Waals surface area (Å²) in [6, 6.07) is 0. The number of hydrogen-bond donors (Lipinski definition) is 1. The monoisotopic (exact) mass is 236 g/mol. The molecular formula is C14H24N2O. The molecule has 0 heterocycles. The second kappa shape index (κ2) is 11.1. The number of amides is 1. The van der Waals surface area contributed by atoms with Gasteiger partial charge in [-0.15, -0.1) is 0 Å². The highest BCUT2D eigenvalue weighted by atomic mass is 16.1. The highest BCUT2D eigenvalue weighted by molar-refractivity contribution is 5.86. The third kappa shape index (κ3) is 10.9. The van der Waals surface area contributed by atoms with Crippen molar-refractivity contribution in [3.63, 3.8) is 0 Å². The van der Waals surface area contributed by atoms with E-state index in [1.54, 1.807) is 0 Å². The summed E-state index contributed by atoms with van der Waals surface area (Å²) in [5, 5.41) is 2.74. The van der Waals surface area contributed by atoms with Gasteiger partial charge in [0, 0.05) is 19.6 Å². The van der Waals surface area contributed by atoms with Gasteiger partial charge in [0.25, 0.3) is 0 Å². The molecule has 0 atom stereocenters. The maximum absolute atomic E-state index is 10.9. The summed E-state index contributed by atoms with van der Waals surface area (Å²) in [6.07, 6.45) is 12.0. The summed E-state index contributed by atoms with van der Waals surface area (Å²) in [6.45, 7) is 7.94. The number of carbonyl (C=O) groups is 1. The molecule has 3 nitrogen and oxygen atoms in total. The number of rotatable bonds is 9. The molecule has 0 saturated heterocycles. The Bertz CT molecular complexity index is 269. The first-order valence-electron chi connectivity index (χ1n) is 6.11. The SMILES string of the molecule is C=CC(=O)NCCN(C)CC=CC=CCCC. The lowest BCUT2D eigenvalue weighted by Gasteiger charge is -2.13. The lowest BCUT2D eigenvalue weighted by atomic mass is 10.3. The minimum Gasteiger partial charge on any atom is -0.351 e. The van der Waals surface area contributed by atoms with Crippen LogP contribution in [0.3, 0.4) is 0 Å². The quantitative estimate of drug-likeness (QED) is 0.491. The first-order valence-corrected chi connectivity index (χ1v) is 6.11. The van der Waals surface area contributed by atoms with Crippen LogP contribution in [0.25, 0.3) is 0 Å². The van der Waals surface area contributed by atoms with E-state index in [1.807, 2.05) is 7.05 Å². The lowest BCUT2D eigenvalue weighted by Crippen LogP contribution is -2.32. The summed E-state index contributed by atoms with van der Waals surface area (Å²) in [5.41, 5.74) is 0. The molecule has 0 aromatic rings. The Morgan fingerprint density at radius 3 is 2.71 bits per heavy atom. The Kier molecular flexibility index (Phi) is 10.3. The fourth-order valence-corrected chi connectivity index (χ4v) is 1.19. The fraction of sp³-hybridized carbons (Fsp3) is 0.500. The Hall–Kier alpha value is -1.35. The van der Waals surface area contributed by atoms with Crippen LogP contribution in [0.1, 0.15) is 19.8 Å². The van der Waals surface area contributed by atoms with Crippen LogP contribution in [-0.2, 0) is 4.79 Å². The zero-order valence-corrected chi connectivity index (χ0v) is 11.0. The number of likely N-dealkylation sites (N-methyl/N-ethyl adjacent to an activating group) is 1. The van der Waals surface area contributed by atoms with Crippen LogP contribution in [0.5, 0.6) is 0 Å². The Labute approximate surface area is 105 Å². The van der Waals surface area contributed by atoms with Crippen LogP contribution >= 0.6 is 0 Å². The molecule has 0 rings (SSSR count). The first kappa shape index (κ1) is 15.7. The lowest BCUT2D eigenvalue weighted by molar-refractivity contribution is -0.116. The van der Waals surface area contributed by atoms with Gasteiger partial charge in [0.05, 0.1) is 0 Å². The van der Waals surface area contributed by atoms with Gasteiger partial charge < -0.3 is 10.2 Å². The highest BCUT2D eigenvalue weighted by Gasteiger charge is 1.96. The standard InChI is InChI=1S/C14H24N2O/c1-4-6-7-8-9-10-12-16(3)13-11-15-14(17)5-2/h5,7-10H,2,4,6,11-13H2,1,3H3,(H,15,17). The van der Waals surface area contributed by atoms with Gasteiger partial charge in [-0.05, 0) is 19.5 Å². The molecule has 0 spiro atoms. The van der Waals surface area contributed by atoms with Crippen LogP contribution < -0.4 is 5.32 Å². The van der Waals surface area contributed by atoms with Crippen LogP contribution in [0, 0.1) is 0 Å². The number of nitrogens with zero attached hydrogens (tertiary/aromatic N) is 1. The van der Waals surface area contributed by atoms with E-state index in [9.17, 15) is 4.79 Å². The van der Waals surface area contributed by atoms with Gasteiger partial charge in [-0.3, -0.25) is 4.79 Å². The third-order valence-corrected chi connectivity index (χ3v) is 2.23. The first-order chi connectivity index (χ1) is 8.20. The van der Waals surface area contributed by atoms with E-state index >= 15 is 0 Å². The molecule has 0 radical (unpaired) electrons. The van der Waals surface area contributed by atoms with Crippen molar-refractivity contribution in [3.05, 3.63) is 37.0 Å². The van der Waals surface area contributed by atoms with Crippen LogP contribution in [-0.4, -0.2) is 37.5 Å². The molecule has 0 aliphatic rings. The Morgan fingerprint density at radius 2 is 2.06 bits per heavy atom. The fourth-order valence-electron chi connectivity index (χ4n) is 1.19. The summed E-state index contributed by atoms with van der Waals surface area (Å²) < 4.78 is 0. The predicted molar refractivity (Wildman–Crippen MR) is 73.9 cm³/mol. The topological polar surface area (TPSA) is 32.3 Å². The van der Waals surface area contributed by atoms with Crippen molar-refractivity contribution in [1.82, 2.24) is 10.2 Å². The second-order valence-electron chi connectivity index (χ2n) is 3.90. The summed E-state index contributed by atoms with van der Waals surface area (Å²) in [4.78, 5) is 13.0. The smallest absolute Gasteiger partial charge is 0.243 e. The van der Waals surface area contributed by atoms with Crippen LogP contribution in [0.4, 0.5) is 0 Å². The van der Waals surface area contributed by atoms with Crippen molar-refractivity contribution >= 4 is 5.91 Å². The molecule has 0 fully saturated rings. The molecular weight excluding hydrogens is 212 g/mol. The molecule has 0 aliphatic carbocycles. The Morgan fingerprint density at radius 1 is 1.35 bits per heavy atom. The van der Waals surface area contributed by atoms with E-state index in [-0.39, 0.29) is 5.91 Å². The van der Waals surface area contributed by atoms with Gasteiger partial charge in [0.1, 0.15) is 0 Å². The van der Waals surface area contributed by atoms with Gasteiger partial charge in [0.15, 0.2) is 0 Å². The maximum Gasteiger partial charge on any atom is 0.243 e. The zero-order valence-electron chi connectivity index (χ0n) is 11.0. The van der Waals surface area contributed by atoms with E-state index in [0.717, 1.165) is 19.5 Å². The number of carbonyl (C=O) groups excluding carboxylic acids is 1. The molecule has 17 heavy (non-hydrogen) atoms. The third-order valence-electron chi connectivity index (χ3n) is 2.23. The van der Waals surface area contributed by atoms with Crippen molar-refractivity contribution < 1.29 is 4.79 Å². The largest absolute Gasteiger partial charge is 0.351 e. The summed E-state index contributed by atoms with van der Waals surface area (Å²) in [5.74, 6) is -0.114.